The molecule has 2 heterocycles. The van der Waals surface area contributed by atoms with Crippen molar-refractivity contribution in [2.75, 3.05) is 7.11 Å². The first-order valence-electron chi connectivity index (χ1n) is 7.56. The number of benzene rings is 2. The predicted octanol–water partition coefficient (Wildman–Crippen LogP) is 3.68. The summed E-state index contributed by atoms with van der Waals surface area (Å²) < 4.78 is 7.13. The average molecular weight is 404 g/mol. The number of hydrogen-bond donors (Lipinski definition) is 0. The Morgan fingerprint density at radius 1 is 1.19 bits per heavy atom. The lowest BCUT2D eigenvalue weighted by Gasteiger charge is -2.02. The van der Waals surface area contributed by atoms with Crippen LogP contribution in [0.4, 0.5) is 0 Å². The van der Waals surface area contributed by atoms with Crippen LogP contribution in [0.2, 0.25) is 10.0 Å². The third kappa shape index (κ3) is 2.96. The minimum atomic E-state index is -0.236. The topological polar surface area (TPSA) is 56.5 Å². The quantitative estimate of drug-likeness (QED) is 0.523. The van der Waals surface area contributed by atoms with Crippen LogP contribution in [0.15, 0.2) is 47.3 Å². The highest BCUT2D eigenvalue weighted by Gasteiger charge is 2.14. The molecule has 26 heavy (non-hydrogen) atoms. The Morgan fingerprint density at radius 3 is 2.73 bits per heavy atom. The Hall–Kier alpha value is -2.41. The van der Waals surface area contributed by atoms with Crippen LogP contribution in [0.1, 0.15) is 5.56 Å². The van der Waals surface area contributed by atoms with Gasteiger partial charge in [-0.2, -0.15) is 9.50 Å². The van der Waals surface area contributed by atoms with Crippen molar-refractivity contribution >= 4 is 45.6 Å². The molecule has 2 aromatic heterocycles. The third-order valence-electron chi connectivity index (χ3n) is 3.78. The van der Waals surface area contributed by atoms with Crippen molar-refractivity contribution in [1.29, 1.82) is 0 Å². The number of ether oxygens (including phenoxy) is 1. The Morgan fingerprint density at radius 2 is 2.00 bits per heavy atom. The van der Waals surface area contributed by atoms with Crippen molar-refractivity contribution in [3.8, 4) is 17.1 Å². The molecule has 4 rings (SSSR count). The zero-order chi connectivity index (χ0) is 18.3. The maximum Gasteiger partial charge on any atom is 0.291 e. The summed E-state index contributed by atoms with van der Waals surface area (Å²) in [6.07, 6.45) is 1.77. The summed E-state index contributed by atoms with van der Waals surface area (Å²) in [5.41, 5.74) is 1.21. The monoisotopic (exact) mass is 403 g/mol. The van der Waals surface area contributed by atoms with Gasteiger partial charge in [-0.05, 0) is 30.3 Å². The lowest BCUT2D eigenvalue weighted by atomic mass is 10.2. The molecule has 0 spiro atoms. The van der Waals surface area contributed by atoms with Crippen LogP contribution in [0.5, 0.6) is 5.75 Å². The molecule has 8 heteroatoms. The molecule has 4 aromatic rings. The van der Waals surface area contributed by atoms with Gasteiger partial charge in [-0.15, -0.1) is 5.10 Å². The minimum absolute atomic E-state index is 0.236. The second-order valence-corrected chi connectivity index (χ2v) is 7.26. The van der Waals surface area contributed by atoms with E-state index in [1.165, 1.54) is 15.9 Å². The fourth-order valence-corrected chi connectivity index (χ4v) is 3.94. The van der Waals surface area contributed by atoms with Gasteiger partial charge in [-0.3, -0.25) is 4.79 Å². The van der Waals surface area contributed by atoms with Crippen LogP contribution in [0.25, 0.3) is 22.4 Å². The van der Waals surface area contributed by atoms with E-state index in [-0.39, 0.29) is 5.56 Å². The van der Waals surface area contributed by atoms with Gasteiger partial charge in [0.15, 0.2) is 5.82 Å². The number of rotatable bonds is 3. The Labute approximate surface area is 162 Å². The molecule has 0 radical (unpaired) electrons. The zero-order valence-electron chi connectivity index (χ0n) is 13.4. The van der Waals surface area contributed by atoms with Gasteiger partial charge < -0.3 is 4.74 Å². The largest absolute Gasteiger partial charge is 0.496 e. The van der Waals surface area contributed by atoms with E-state index in [0.717, 1.165) is 5.56 Å². The summed E-state index contributed by atoms with van der Waals surface area (Å²) in [5, 5.41) is 5.26. The molecule has 0 aliphatic rings. The first-order chi connectivity index (χ1) is 12.6. The number of thiazole rings is 1. The van der Waals surface area contributed by atoms with Gasteiger partial charge >= 0.3 is 0 Å². The van der Waals surface area contributed by atoms with Crippen molar-refractivity contribution in [2.24, 2.45) is 0 Å². The number of methoxy groups -OCH3 is 1. The van der Waals surface area contributed by atoms with Crippen molar-refractivity contribution in [2.45, 2.75) is 0 Å². The molecule has 0 aliphatic carbocycles. The van der Waals surface area contributed by atoms with E-state index in [1.807, 2.05) is 24.3 Å². The number of nitrogens with zero attached hydrogens (tertiary/aromatic N) is 3. The molecule has 0 bridgehead atoms. The average Bonchev–Trinajstić information content (AvgIpc) is 3.15. The van der Waals surface area contributed by atoms with E-state index in [9.17, 15) is 4.79 Å². The third-order valence-corrected chi connectivity index (χ3v) is 5.29. The predicted molar refractivity (Wildman–Crippen MR) is 104 cm³/mol. The fraction of sp³-hybridized carbons (Fsp3) is 0.0556. The summed E-state index contributed by atoms with van der Waals surface area (Å²) >= 11 is 13.4. The highest BCUT2D eigenvalue weighted by Crippen LogP contribution is 2.28. The Kier molecular flexibility index (Phi) is 4.40. The number of aromatic nitrogens is 3. The number of hydrogen-bond acceptors (Lipinski definition) is 5. The molecular formula is C18H11Cl2N3O2S. The molecule has 5 nitrogen and oxygen atoms in total. The Balaban J connectivity index is 1.84. The SMILES string of the molecule is COc1ccccc1/C=c1/sc2nc(-c3ccc(Cl)cc3Cl)nn2c1=O. The van der Waals surface area contributed by atoms with Gasteiger partial charge in [-0.25, -0.2) is 0 Å². The highest BCUT2D eigenvalue weighted by molar-refractivity contribution is 7.15. The number of para-hydroxylation sites is 1. The summed E-state index contributed by atoms with van der Waals surface area (Å²) in [6, 6.07) is 12.5. The second kappa shape index (κ2) is 6.72. The standard InChI is InChI=1S/C18H11Cl2N3O2S/c1-25-14-5-3-2-4-10(14)8-15-17(24)23-18(26-15)21-16(22-23)12-7-6-11(19)9-13(12)20/h2-9H,1H3/b15-8+. The van der Waals surface area contributed by atoms with Gasteiger partial charge in [0.1, 0.15) is 5.75 Å². The molecule has 130 valence electrons. The van der Waals surface area contributed by atoms with Gasteiger partial charge in [-0.1, -0.05) is 52.7 Å². The first kappa shape index (κ1) is 17.0. The van der Waals surface area contributed by atoms with E-state index >= 15 is 0 Å². The van der Waals surface area contributed by atoms with Crippen molar-refractivity contribution < 1.29 is 4.74 Å². The van der Waals surface area contributed by atoms with E-state index in [0.29, 0.717) is 36.7 Å². The number of fused-ring (bicyclic) bond motifs is 1. The van der Waals surface area contributed by atoms with Crippen molar-refractivity contribution in [3.63, 3.8) is 0 Å². The summed E-state index contributed by atoms with van der Waals surface area (Å²) in [6.45, 7) is 0. The van der Waals surface area contributed by atoms with E-state index in [4.69, 9.17) is 27.9 Å². The van der Waals surface area contributed by atoms with Crippen LogP contribution in [0, 0.1) is 0 Å². The zero-order valence-corrected chi connectivity index (χ0v) is 15.8. The first-order valence-corrected chi connectivity index (χ1v) is 9.14. The molecular weight excluding hydrogens is 393 g/mol. The smallest absolute Gasteiger partial charge is 0.291 e. The lowest BCUT2D eigenvalue weighted by Crippen LogP contribution is -2.23. The molecule has 0 aliphatic heterocycles. The molecule has 0 fully saturated rings. The van der Waals surface area contributed by atoms with Gasteiger partial charge in [0, 0.05) is 16.1 Å². The summed E-state index contributed by atoms with van der Waals surface area (Å²) in [5.74, 6) is 1.08. The van der Waals surface area contributed by atoms with Gasteiger partial charge in [0.2, 0.25) is 4.96 Å². The molecule has 2 aromatic carbocycles. The molecule has 0 N–H and O–H groups in total. The van der Waals surface area contributed by atoms with Gasteiger partial charge in [0.25, 0.3) is 5.56 Å². The van der Waals surface area contributed by atoms with Crippen LogP contribution >= 0.6 is 34.5 Å². The maximum atomic E-state index is 12.7. The minimum Gasteiger partial charge on any atom is -0.496 e. The highest BCUT2D eigenvalue weighted by atomic mass is 35.5. The van der Waals surface area contributed by atoms with Crippen molar-refractivity contribution in [1.82, 2.24) is 14.6 Å². The van der Waals surface area contributed by atoms with E-state index < -0.39 is 0 Å². The second-order valence-electron chi connectivity index (χ2n) is 5.41. The summed E-state index contributed by atoms with van der Waals surface area (Å²) in [4.78, 5) is 17.6. The lowest BCUT2D eigenvalue weighted by molar-refractivity contribution is 0.414. The summed E-state index contributed by atoms with van der Waals surface area (Å²) in [7, 11) is 1.59. The fourth-order valence-electron chi connectivity index (χ4n) is 2.55. The van der Waals surface area contributed by atoms with E-state index in [2.05, 4.69) is 10.1 Å². The van der Waals surface area contributed by atoms with Gasteiger partial charge in [0.05, 0.1) is 16.7 Å². The van der Waals surface area contributed by atoms with Crippen LogP contribution in [-0.2, 0) is 0 Å². The number of halogens is 2. The van der Waals surface area contributed by atoms with Crippen LogP contribution in [0.3, 0.4) is 0 Å². The van der Waals surface area contributed by atoms with Crippen LogP contribution < -0.4 is 14.8 Å². The molecule has 0 unspecified atom stereocenters. The molecule has 0 amide bonds. The molecule has 0 atom stereocenters. The molecule has 0 saturated heterocycles. The van der Waals surface area contributed by atoms with Crippen molar-refractivity contribution in [3.05, 3.63) is 73.0 Å². The molecule has 0 saturated carbocycles. The van der Waals surface area contributed by atoms with E-state index in [1.54, 1.807) is 31.4 Å². The van der Waals surface area contributed by atoms with Crippen LogP contribution in [-0.4, -0.2) is 21.7 Å². The Bertz CT molecular complexity index is 1230. The normalized spacial score (nSPS) is 12.0. The maximum absolute atomic E-state index is 12.7.